The number of unbranched alkanes of at least 4 members (excludes halogenated alkanes) is 1. The van der Waals surface area contributed by atoms with Gasteiger partial charge in [-0.2, -0.15) is 0 Å². The molecule has 1 rings (SSSR count). The standard InChI is InChI=1S/C13H21BrOSi/c1-3-5-12-16(14,15-11-4-2)13-9-7-6-8-10-13/h6-10H,3-5,11-12H2,1-2H3. The van der Waals surface area contributed by atoms with Crippen LogP contribution in [0.3, 0.4) is 0 Å². The van der Waals surface area contributed by atoms with Gasteiger partial charge in [-0.1, -0.05) is 72.3 Å². The monoisotopic (exact) mass is 300 g/mol. The van der Waals surface area contributed by atoms with Crippen molar-refractivity contribution in [2.75, 3.05) is 6.61 Å². The van der Waals surface area contributed by atoms with Gasteiger partial charge in [-0.25, -0.2) is 0 Å². The van der Waals surface area contributed by atoms with E-state index in [1.807, 2.05) is 0 Å². The lowest BCUT2D eigenvalue weighted by Gasteiger charge is -2.25. The highest BCUT2D eigenvalue weighted by atomic mass is 79.9. The van der Waals surface area contributed by atoms with Crippen molar-refractivity contribution in [2.45, 2.75) is 39.2 Å². The van der Waals surface area contributed by atoms with E-state index in [0.29, 0.717) is 0 Å². The van der Waals surface area contributed by atoms with Gasteiger partial charge in [0.05, 0.1) is 0 Å². The number of rotatable bonds is 7. The zero-order valence-corrected chi connectivity index (χ0v) is 12.8. The number of hydrogen-bond acceptors (Lipinski definition) is 1. The van der Waals surface area contributed by atoms with Crippen LogP contribution in [0.25, 0.3) is 0 Å². The first-order valence-corrected chi connectivity index (χ1v) is 10.5. The fourth-order valence-electron chi connectivity index (χ4n) is 1.65. The molecule has 90 valence electrons. The summed E-state index contributed by atoms with van der Waals surface area (Å²) in [5, 5.41) is 1.36. The van der Waals surface area contributed by atoms with E-state index in [0.717, 1.165) is 19.1 Å². The fraction of sp³-hybridized carbons (Fsp3) is 0.538. The third-order valence-corrected chi connectivity index (χ3v) is 8.70. The molecule has 0 aliphatic carbocycles. The Labute approximate surface area is 108 Å². The molecule has 1 aromatic rings. The molecule has 1 unspecified atom stereocenters. The summed E-state index contributed by atoms with van der Waals surface area (Å²) in [6, 6.07) is 11.8. The van der Waals surface area contributed by atoms with Gasteiger partial charge in [0, 0.05) is 6.61 Å². The minimum Gasteiger partial charge on any atom is -0.403 e. The van der Waals surface area contributed by atoms with Crippen LogP contribution >= 0.6 is 15.3 Å². The Morgan fingerprint density at radius 2 is 1.81 bits per heavy atom. The number of benzene rings is 1. The Morgan fingerprint density at radius 3 is 2.38 bits per heavy atom. The van der Waals surface area contributed by atoms with E-state index in [4.69, 9.17) is 4.43 Å². The maximum Gasteiger partial charge on any atom is 0.295 e. The van der Waals surface area contributed by atoms with Gasteiger partial charge in [0.15, 0.2) is 0 Å². The third-order valence-electron chi connectivity index (χ3n) is 2.59. The lowest BCUT2D eigenvalue weighted by atomic mass is 10.4. The molecule has 0 fully saturated rings. The van der Waals surface area contributed by atoms with Gasteiger partial charge in [0.25, 0.3) is 6.94 Å². The van der Waals surface area contributed by atoms with E-state index in [1.165, 1.54) is 18.0 Å². The lowest BCUT2D eigenvalue weighted by Crippen LogP contribution is -2.45. The predicted molar refractivity (Wildman–Crippen MR) is 76.7 cm³/mol. The minimum absolute atomic E-state index is 0.857. The minimum atomic E-state index is -1.85. The maximum atomic E-state index is 6.12. The SMILES string of the molecule is CCCC[Si](Br)(OCCC)c1ccccc1. The van der Waals surface area contributed by atoms with Crippen LogP contribution in [0, 0.1) is 0 Å². The molecule has 0 aliphatic heterocycles. The van der Waals surface area contributed by atoms with E-state index in [9.17, 15) is 0 Å². The smallest absolute Gasteiger partial charge is 0.295 e. The number of halogens is 1. The molecule has 0 amide bonds. The number of hydrogen-bond donors (Lipinski definition) is 0. The largest absolute Gasteiger partial charge is 0.403 e. The van der Waals surface area contributed by atoms with Gasteiger partial charge in [-0.15, -0.1) is 0 Å². The molecular formula is C13H21BrOSi. The van der Waals surface area contributed by atoms with E-state index in [1.54, 1.807) is 0 Å². The Kier molecular flexibility index (Phi) is 6.32. The average molecular weight is 301 g/mol. The highest BCUT2D eigenvalue weighted by Crippen LogP contribution is 2.22. The van der Waals surface area contributed by atoms with E-state index >= 15 is 0 Å². The first-order valence-electron chi connectivity index (χ1n) is 6.11. The lowest BCUT2D eigenvalue weighted by molar-refractivity contribution is 0.321. The van der Waals surface area contributed by atoms with Crippen molar-refractivity contribution in [3.63, 3.8) is 0 Å². The first kappa shape index (κ1) is 13.9. The van der Waals surface area contributed by atoms with Crippen molar-refractivity contribution in [1.29, 1.82) is 0 Å². The van der Waals surface area contributed by atoms with Crippen LogP contribution < -0.4 is 5.19 Å². The zero-order chi connectivity index (χ0) is 11.9. The van der Waals surface area contributed by atoms with Gasteiger partial charge in [-0.3, -0.25) is 0 Å². The van der Waals surface area contributed by atoms with Crippen molar-refractivity contribution in [3.05, 3.63) is 30.3 Å². The molecule has 0 saturated carbocycles. The van der Waals surface area contributed by atoms with Gasteiger partial charge in [-0.05, 0) is 17.7 Å². The average Bonchev–Trinajstić information content (AvgIpc) is 2.35. The highest BCUT2D eigenvalue weighted by Gasteiger charge is 2.33. The fourth-order valence-corrected chi connectivity index (χ4v) is 6.40. The summed E-state index contributed by atoms with van der Waals surface area (Å²) in [5.41, 5.74) is 0. The van der Waals surface area contributed by atoms with Crippen molar-refractivity contribution in [1.82, 2.24) is 0 Å². The first-order chi connectivity index (χ1) is 7.73. The molecule has 0 spiro atoms. The predicted octanol–water partition coefficient (Wildman–Crippen LogP) is 3.96. The topological polar surface area (TPSA) is 9.23 Å². The van der Waals surface area contributed by atoms with Gasteiger partial charge in [0.2, 0.25) is 0 Å². The van der Waals surface area contributed by atoms with Crippen LogP contribution in [0.15, 0.2) is 30.3 Å². The van der Waals surface area contributed by atoms with Crippen molar-refractivity contribution >= 4 is 27.4 Å². The third kappa shape index (κ3) is 4.04. The second kappa shape index (κ2) is 7.25. The molecular weight excluding hydrogens is 280 g/mol. The van der Waals surface area contributed by atoms with Crippen LogP contribution in [0.4, 0.5) is 0 Å². The Hall–Kier alpha value is -0.123. The summed E-state index contributed by atoms with van der Waals surface area (Å²) >= 11 is 3.91. The molecule has 0 saturated heterocycles. The molecule has 1 nitrogen and oxygen atoms in total. The summed E-state index contributed by atoms with van der Waals surface area (Å²) in [7, 11) is 0. The van der Waals surface area contributed by atoms with Crippen molar-refractivity contribution in [3.8, 4) is 0 Å². The Bertz CT molecular complexity index is 281. The van der Waals surface area contributed by atoms with Crippen molar-refractivity contribution in [2.24, 2.45) is 0 Å². The second-order valence-corrected chi connectivity index (χ2v) is 10.7. The quantitative estimate of drug-likeness (QED) is 0.547. The summed E-state index contributed by atoms with van der Waals surface area (Å²) in [6.45, 7) is 3.39. The highest BCUT2D eigenvalue weighted by molar-refractivity contribution is 9.26. The molecule has 0 bridgehead atoms. The normalized spacial score (nSPS) is 14.7. The Balaban J connectivity index is 2.77. The van der Waals surface area contributed by atoms with E-state index in [-0.39, 0.29) is 0 Å². The van der Waals surface area contributed by atoms with E-state index < -0.39 is 6.94 Å². The van der Waals surface area contributed by atoms with Crippen LogP contribution in [0.5, 0.6) is 0 Å². The van der Waals surface area contributed by atoms with Crippen LogP contribution in [-0.4, -0.2) is 13.5 Å². The van der Waals surface area contributed by atoms with Gasteiger partial charge >= 0.3 is 0 Å². The summed E-state index contributed by atoms with van der Waals surface area (Å²) in [4.78, 5) is 0. The zero-order valence-electron chi connectivity index (χ0n) is 10.2. The molecule has 1 atom stereocenters. The van der Waals surface area contributed by atoms with E-state index in [2.05, 4.69) is 59.5 Å². The van der Waals surface area contributed by atoms with Crippen LogP contribution in [0.1, 0.15) is 33.1 Å². The molecule has 1 aromatic carbocycles. The maximum absolute atomic E-state index is 6.12. The molecule has 16 heavy (non-hydrogen) atoms. The van der Waals surface area contributed by atoms with Crippen molar-refractivity contribution < 1.29 is 4.43 Å². The van der Waals surface area contributed by atoms with Gasteiger partial charge in [0.1, 0.15) is 0 Å². The second-order valence-electron chi connectivity index (χ2n) is 4.05. The van der Waals surface area contributed by atoms with Gasteiger partial charge < -0.3 is 4.43 Å². The summed E-state index contributed by atoms with van der Waals surface area (Å²) < 4.78 is 6.12. The molecule has 3 heteroatoms. The van der Waals surface area contributed by atoms with Crippen LogP contribution in [-0.2, 0) is 4.43 Å². The summed E-state index contributed by atoms with van der Waals surface area (Å²) in [5.74, 6) is 0. The molecule has 0 heterocycles. The molecule has 0 aromatic heterocycles. The summed E-state index contributed by atoms with van der Waals surface area (Å²) in [6.07, 6.45) is 3.54. The molecule has 0 N–H and O–H groups in total. The molecule has 0 aliphatic rings. The Morgan fingerprint density at radius 1 is 1.12 bits per heavy atom. The molecule has 0 radical (unpaired) electrons. The van der Waals surface area contributed by atoms with Crippen LogP contribution in [0.2, 0.25) is 6.04 Å².